The Balaban J connectivity index is 1.86. The van der Waals surface area contributed by atoms with Crippen LogP contribution in [0.1, 0.15) is 31.4 Å². The summed E-state index contributed by atoms with van der Waals surface area (Å²) < 4.78 is 26.6. The molecule has 0 aliphatic heterocycles. The van der Waals surface area contributed by atoms with Crippen molar-refractivity contribution in [2.24, 2.45) is 0 Å². The predicted octanol–water partition coefficient (Wildman–Crippen LogP) is 3.28. The molecule has 1 unspecified atom stereocenters. The van der Waals surface area contributed by atoms with Gasteiger partial charge in [-0.3, -0.25) is 4.79 Å². The quantitative estimate of drug-likeness (QED) is 0.737. The van der Waals surface area contributed by atoms with Crippen LogP contribution < -0.4 is 10.0 Å². The number of amides is 1. The minimum Gasteiger partial charge on any atom is -0.349 e. The summed E-state index contributed by atoms with van der Waals surface area (Å²) in [5.74, 6) is -0.211. The summed E-state index contributed by atoms with van der Waals surface area (Å²) in [6, 6.07) is 15.2. The summed E-state index contributed by atoms with van der Waals surface area (Å²) in [6.45, 7) is 2.01. The number of halogens is 1. The Morgan fingerprint density at radius 2 is 1.72 bits per heavy atom. The number of nitrogens with one attached hydrogen (secondary N) is 2. The van der Waals surface area contributed by atoms with Gasteiger partial charge in [-0.05, 0) is 36.2 Å². The first-order chi connectivity index (χ1) is 11.9. The summed E-state index contributed by atoms with van der Waals surface area (Å²) in [5.41, 5.74) is 0.963. The van der Waals surface area contributed by atoms with E-state index in [2.05, 4.69) is 10.0 Å². The molecule has 2 aromatic carbocycles. The lowest BCUT2D eigenvalue weighted by Gasteiger charge is -2.17. The third-order valence-electron chi connectivity index (χ3n) is 3.71. The van der Waals surface area contributed by atoms with Crippen molar-refractivity contribution in [1.29, 1.82) is 0 Å². The van der Waals surface area contributed by atoms with E-state index in [4.69, 9.17) is 11.6 Å². The SMILES string of the molecule is CCC(NC(=O)CCNS(=O)(=O)c1ccccc1)c1ccc(Cl)cc1. The maximum absolute atomic E-state index is 12.1. The Labute approximate surface area is 153 Å². The number of rotatable bonds is 8. The van der Waals surface area contributed by atoms with Crippen LogP contribution in [0.15, 0.2) is 59.5 Å². The van der Waals surface area contributed by atoms with E-state index in [1.807, 2.05) is 19.1 Å². The van der Waals surface area contributed by atoms with E-state index in [-0.39, 0.29) is 29.8 Å². The highest BCUT2D eigenvalue weighted by Gasteiger charge is 2.15. The van der Waals surface area contributed by atoms with Crippen molar-refractivity contribution < 1.29 is 13.2 Å². The third-order valence-corrected chi connectivity index (χ3v) is 5.44. The van der Waals surface area contributed by atoms with Gasteiger partial charge in [-0.2, -0.15) is 0 Å². The highest BCUT2D eigenvalue weighted by molar-refractivity contribution is 7.89. The maximum atomic E-state index is 12.1. The normalized spacial score (nSPS) is 12.6. The van der Waals surface area contributed by atoms with Gasteiger partial charge in [-0.25, -0.2) is 13.1 Å². The van der Waals surface area contributed by atoms with E-state index in [1.54, 1.807) is 30.3 Å². The summed E-state index contributed by atoms with van der Waals surface area (Å²) in [4.78, 5) is 12.3. The second-order valence-corrected chi connectivity index (χ2v) is 7.74. The van der Waals surface area contributed by atoms with Crippen LogP contribution in [-0.2, 0) is 14.8 Å². The van der Waals surface area contributed by atoms with Crippen molar-refractivity contribution in [2.75, 3.05) is 6.54 Å². The van der Waals surface area contributed by atoms with E-state index >= 15 is 0 Å². The molecule has 134 valence electrons. The van der Waals surface area contributed by atoms with Crippen LogP contribution in [-0.4, -0.2) is 20.9 Å². The minimum absolute atomic E-state index is 0.0418. The number of carbonyl (C=O) groups excluding carboxylic acids is 1. The predicted molar refractivity (Wildman–Crippen MR) is 98.9 cm³/mol. The molecule has 0 saturated heterocycles. The molecule has 2 N–H and O–H groups in total. The highest BCUT2D eigenvalue weighted by Crippen LogP contribution is 2.19. The molecule has 25 heavy (non-hydrogen) atoms. The molecule has 0 spiro atoms. The summed E-state index contributed by atoms with van der Waals surface area (Å²) >= 11 is 5.87. The van der Waals surface area contributed by atoms with Crippen LogP contribution in [0.25, 0.3) is 0 Å². The molecular formula is C18H21ClN2O3S. The van der Waals surface area contributed by atoms with Crippen LogP contribution in [0.2, 0.25) is 5.02 Å². The van der Waals surface area contributed by atoms with Gasteiger partial charge in [0.25, 0.3) is 0 Å². The fraction of sp³-hybridized carbons (Fsp3) is 0.278. The molecule has 0 fully saturated rings. The standard InChI is InChI=1S/C18H21ClN2O3S/c1-2-17(14-8-10-15(19)11-9-14)21-18(22)12-13-20-25(23,24)16-6-4-3-5-7-16/h3-11,17,20H,2,12-13H2,1H3,(H,21,22). The van der Waals surface area contributed by atoms with E-state index < -0.39 is 10.0 Å². The van der Waals surface area contributed by atoms with Gasteiger partial charge in [-0.1, -0.05) is 48.9 Å². The largest absolute Gasteiger partial charge is 0.349 e. The van der Waals surface area contributed by atoms with Crippen LogP contribution in [0.4, 0.5) is 0 Å². The molecule has 7 heteroatoms. The first-order valence-corrected chi connectivity index (χ1v) is 9.88. The lowest BCUT2D eigenvalue weighted by molar-refractivity contribution is -0.121. The molecule has 0 aliphatic rings. The number of hydrogen-bond acceptors (Lipinski definition) is 3. The van der Waals surface area contributed by atoms with Crippen molar-refractivity contribution in [3.8, 4) is 0 Å². The fourth-order valence-electron chi connectivity index (χ4n) is 2.36. The number of hydrogen-bond donors (Lipinski definition) is 2. The van der Waals surface area contributed by atoms with E-state index in [9.17, 15) is 13.2 Å². The topological polar surface area (TPSA) is 75.3 Å². The molecule has 0 saturated carbocycles. The van der Waals surface area contributed by atoms with E-state index in [0.29, 0.717) is 5.02 Å². The first-order valence-electron chi connectivity index (χ1n) is 8.02. The molecule has 2 aromatic rings. The molecule has 0 radical (unpaired) electrons. The van der Waals surface area contributed by atoms with Gasteiger partial charge >= 0.3 is 0 Å². The molecule has 0 aliphatic carbocycles. The molecule has 5 nitrogen and oxygen atoms in total. The Kier molecular flexibility index (Phi) is 6.99. The zero-order chi connectivity index (χ0) is 18.3. The molecule has 2 rings (SSSR count). The zero-order valence-electron chi connectivity index (χ0n) is 13.9. The van der Waals surface area contributed by atoms with Gasteiger partial charge < -0.3 is 5.32 Å². The lowest BCUT2D eigenvalue weighted by atomic mass is 10.0. The van der Waals surface area contributed by atoms with Crippen LogP contribution in [0.5, 0.6) is 0 Å². The summed E-state index contributed by atoms with van der Waals surface area (Å²) in [6.07, 6.45) is 0.791. The third kappa shape index (κ3) is 5.85. The summed E-state index contributed by atoms with van der Waals surface area (Å²) in [5, 5.41) is 3.55. The Morgan fingerprint density at radius 3 is 2.32 bits per heavy atom. The minimum atomic E-state index is -3.59. The smallest absolute Gasteiger partial charge is 0.240 e. The second-order valence-electron chi connectivity index (χ2n) is 5.54. The first kappa shape index (κ1) is 19.4. The Morgan fingerprint density at radius 1 is 1.08 bits per heavy atom. The maximum Gasteiger partial charge on any atom is 0.240 e. The average Bonchev–Trinajstić information content (AvgIpc) is 2.61. The van der Waals surface area contributed by atoms with Crippen molar-refractivity contribution in [2.45, 2.75) is 30.7 Å². The van der Waals surface area contributed by atoms with Crippen molar-refractivity contribution in [3.63, 3.8) is 0 Å². The van der Waals surface area contributed by atoms with Gasteiger partial charge in [-0.15, -0.1) is 0 Å². The fourth-order valence-corrected chi connectivity index (χ4v) is 3.54. The highest BCUT2D eigenvalue weighted by atomic mass is 35.5. The number of benzene rings is 2. The van der Waals surface area contributed by atoms with E-state index in [1.165, 1.54) is 12.1 Å². The van der Waals surface area contributed by atoms with Crippen LogP contribution >= 0.6 is 11.6 Å². The Bertz CT molecular complexity index is 793. The monoisotopic (exact) mass is 380 g/mol. The molecular weight excluding hydrogens is 360 g/mol. The Hall–Kier alpha value is -1.89. The van der Waals surface area contributed by atoms with Gasteiger partial charge in [0.1, 0.15) is 0 Å². The lowest BCUT2D eigenvalue weighted by Crippen LogP contribution is -2.32. The summed E-state index contributed by atoms with van der Waals surface area (Å²) in [7, 11) is -3.59. The number of sulfonamides is 1. The molecule has 1 atom stereocenters. The number of carbonyl (C=O) groups is 1. The zero-order valence-corrected chi connectivity index (χ0v) is 15.5. The van der Waals surface area contributed by atoms with Crippen molar-refractivity contribution in [3.05, 3.63) is 65.2 Å². The van der Waals surface area contributed by atoms with Crippen molar-refractivity contribution >= 4 is 27.5 Å². The van der Waals surface area contributed by atoms with E-state index in [0.717, 1.165) is 12.0 Å². The van der Waals surface area contributed by atoms with Crippen LogP contribution in [0.3, 0.4) is 0 Å². The molecule has 0 bridgehead atoms. The van der Waals surface area contributed by atoms with Gasteiger partial charge in [0.2, 0.25) is 15.9 Å². The van der Waals surface area contributed by atoms with Gasteiger partial charge in [0.05, 0.1) is 10.9 Å². The molecule has 0 aromatic heterocycles. The van der Waals surface area contributed by atoms with Crippen LogP contribution in [0, 0.1) is 0 Å². The van der Waals surface area contributed by atoms with Gasteiger partial charge in [0, 0.05) is 18.0 Å². The van der Waals surface area contributed by atoms with Gasteiger partial charge in [0.15, 0.2) is 0 Å². The second kappa shape index (κ2) is 8.99. The average molecular weight is 381 g/mol. The van der Waals surface area contributed by atoms with Crippen molar-refractivity contribution in [1.82, 2.24) is 10.0 Å². The molecule has 1 amide bonds. The molecule has 0 heterocycles.